The maximum Gasteiger partial charge on any atom is 0.252 e. The van der Waals surface area contributed by atoms with Gasteiger partial charge in [-0.1, -0.05) is 42.8 Å². The van der Waals surface area contributed by atoms with Crippen LogP contribution >= 0.6 is 11.6 Å². The second-order valence-corrected chi connectivity index (χ2v) is 6.84. The van der Waals surface area contributed by atoms with Gasteiger partial charge in [0.05, 0.1) is 5.52 Å². The number of halogens is 1. The second kappa shape index (κ2) is 7.34. The first-order chi connectivity index (χ1) is 12.4. The first-order valence-corrected chi connectivity index (χ1v) is 8.98. The first-order valence-electron chi connectivity index (χ1n) is 8.60. The third-order valence-corrected chi connectivity index (χ3v) is 5.01. The number of carbonyl (C=O) groups is 1. The summed E-state index contributed by atoms with van der Waals surface area (Å²) in [7, 11) is 0. The molecule has 0 fully saturated rings. The Kier molecular flexibility index (Phi) is 5.14. The van der Waals surface area contributed by atoms with Crippen molar-refractivity contribution in [3.63, 3.8) is 0 Å². The van der Waals surface area contributed by atoms with Gasteiger partial charge in [0.2, 0.25) is 5.91 Å². The maximum absolute atomic E-state index is 12.9. The van der Waals surface area contributed by atoms with Gasteiger partial charge in [-0.25, -0.2) is 0 Å². The van der Waals surface area contributed by atoms with Crippen molar-refractivity contribution in [2.45, 2.75) is 33.2 Å². The summed E-state index contributed by atoms with van der Waals surface area (Å²) in [6.45, 7) is 5.71. The van der Waals surface area contributed by atoms with Crippen LogP contribution in [0.25, 0.3) is 10.9 Å². The Hall–Kier alpha value is -2.59. The highest BCUT2D eigenvalue weighted by Crippen LogP contribution is 2.24. The van der Waals surface area contributed by atoms with Gasteiger partial charge < -0.3 is 5.32 Å². The smallest absolute Gasteiger partial charge is 0.252 e. The summed E-state index contributed by atoms with van der Waals surface area (Å²) in [6.07, 6.45) is 0.498. The SMILES string of the molecule is CCC(C(=O)Nc1ccc(C)c(Cl)c1)n1c(=O)cc(C)c2ccccc21. The van der Waals surface area contributed by atoms with E-state index in [-0.39, 0.29) is 11.5 Å². The Bertz CT molecular complexity index is 1040. The fourth-order valence-electron chi connectivity index (χ4n) is 3.17. The third kappa shape index (κ3) is 3.37. The predicted octanol–water partition coefficient (Wildman–Crippen LogP) is 4.86. The van der Waals surface area contributed by atoms with Crippen LogP contribution in [0.5, 0.6) is 0 Å². The monoisotopic (exact) mass is 368 g/mol. The molecule has 5 heteroatoms. The van der Waals surface area contributed by atoms with E-state index in [4.69, 9.17) is 11.6 Å². The lowest BCUT2D eigenvalue weighted by Gasteiger charge is -2.21. The second-order valence-electron chi connectivity index (χ2n) is 6.43. The summed E-state index contributed by atoms with van der Waals surface area (Å²) in [5.74, 6) is -0.233. The summed E-state index contributed by atoms with van der Waals surface area (Å²) >= 11 is 6.14. The van der Waals surface area contributed by atoms with E-state index in [1.54, 1.807) is 16.7 Å². The summed E-state index contributed by atoms with van der Waals surface area (Å²) in [6, 6.07) is 14.0. The van der Waals surface area contributed by atoms with E-state index in [0.29, 0.717) is 17.1 Å². The topological polar surface area (TPSA) is 51.1 Å². The summed E-state index contributed by atoms with van der Waals surface area (Å²) in [4.78, 5) is 25.6. The lowest BCUT2D eigenvalue weighted by molar-refractivity contribution is -0.119. The van der Waals surface area contributed by atoms with Gasteiger partial charge in [0.15, 0.2) is 0 Å². The Balaban J connectivity index is 2.03. The Morgan fingerprint density at radius 3 is 2.54 bits per heavy atom. The summed E-state index contributed by atoms with van der Waals surface area (Å²) < 4.78 is 1.58. The van der Waals surface area contributed by atoms with Gasteiger partial charge >= 0.3 is 0 Å². The van der Waals surface area contributed by atoms with Crippen molar-refractivity contribution >= 4 is 34.1 Å². The number of aryl methyl sites for hydroxylation is 2. The fourth-order valence-corrected chi connectivity index (χ4v) is 3.35. The molecule has 0 aliphatic carbocycles. The lowest BCUT2D eigenvalue weighted by atomic mass is 10.1. The van der Waals surface area contributed by atoms with Gasteiger partial charge in [0.25, 0.3) is 5.56 Å². The van der Waals surface area contributed by atoms with Gasteiger partial charge in [0, 0.05) is 22.2 Å². The van der Waals surface area contributed by atoms with Crippen LogP contribution in [0.2, 0.25) is 5.02 Å². The number of benzene rings is 2. The molecule has 0 aliphatic heterocycles. The predicted molar refractivity (Wildman–Crippen MR) is 107 cm³/mol. The van der Waals surface area contributed by atoms with E-state index in [9.17, 15) is 9.59 Å². The molecule has 0 saturated carbocycles. The standard InChI is InChI=1S/C21H21ClN2O2/c1-4-18(21(26)23-15-10-9-13(2)17(22)12-15)24-19-8-6-5-7-16(19)14(3)11-20(24)25/h5-12,18H,4H2,1-3H3,(H,23,26). The summed E-state index contributed by atoms with van der Waals surface area (Å²) in [5.41, 5.74) is 3.06. The summed E-state index contributed by atoms with van der Waals surface area (Å²) in [5, 5.41) is 4.44. The molecule has 1 heterocycles. The molecule has 1 atom stereocenters. The number of nitrogens with one attached hydrogen (secondary N) is 1. The molecule has 0 saturated heterocycles. The molecular weight excluding hydrogens is 348 g/mol. The molecule has 26 heavy (non-hydrogen) atoms. The fraction of sp³-hybridized carbons (Fsp3) is 0.238. The Morgan fingerprint density at radius 2 is 1.85 bits per heavy atom. The van der Waals surface area contributed by atoms with Crippen LogP contribution in [0.15, 0.2) is 53.3 Å². The maximum atomic E-state index is 12.9. The van der Waals surface area contributed by atoms with Crippen molar-refractivity contribution in [2.24, 2.45) is 0 Å². The molecule has 4 nitrogen and oxygen atoms in total. The molecule has 1 N–H and O–H groups in total. The minimum Gasteiger partial charge on any atom is -0.324 e. The van der Waals surface area contributed by atoms with E-state index >= 15 is 0 Å². The lowest BCUT2D eigenvalue weighted by Crippen LogP contribution is -2.33. The number of amides is 1. The first kappa shape index (κ1) is 18.2. The van der Waals surface area contributed by atoms with Crippen LogP contribution in [-0.2, 0) is 4.79 Å². The highest BCUT2D eigenvalue weighted by molar-refractivity contribution is 6.31. The van der Waals surface area contributed by atoms with E-state index in [1.165, 1.54) is 0 Å². The Morgan fingerprint density at radius 1 is 1.12 bits per heavy atom. The number of hydrogen-bond acceptors (Lipinski definition) is 2. The van der Waals surface area contributed by atoms with Gasteiger partial charge in [-0.2, -0.15) is 0 Å². The van der Waals surface area contributed by atoms with Crippen molar-refractivity contribution in [3.05, 3.63) is 75.0 Å². The highest BCUT2D eigenvalue weighted by Gasteiger charge is 2.22. The molecule has 0 aliphatic rings. The normalized spacial score (nSPS) is 12.2. The minimum atomic E-state index is -0.604. The quantitative estimate of drug-likeness (QED) is 0.714. The van der Waals surface area contributed by atoms with Crippen LogP contribution in [-0.4, -0.2) is 10.5 Å². The molecule has 1 amide bonds. The highest BCUT2D eigenvalue weighted by atomic mass is 35.5. The van der Waals surface area contributed by atoms with E-state index in [2.05, 4.69) is 5.32 Å². The van der Waals surface area contributed by atoms with Gasteiger partial charge in [-0.15, -0.1) is 0 Å². The average Bonchev–Trinajstić information content (AvgIpc) is 2.61. The molecule has 3 aromatic rings. The van der Waals surface area contributed by atoms with Crippen LogP contribution in [0.3, 0.4) is 0 Å². The molecule has 3 rings (SSSR count). The molecule has 0 spiro atoms. The zero-order valence-electron chi connectivity index (χ0n) is 15.0. The zero-order valence-corrected chi connectivity index (χ0v) is 15.8. The number of aromatic nitrogens is 1. The van der Waals surface area contributed by atoms with Gasteiger partial charge in [0.1, 0.15) is 6.04 Å². The van der Waals surface area contributed by atoms with Crippen LogP contribution in [0.4, 0.5) is 5.69 Å². The molecule has 2 aromatic carbocycles. The number of rotatable bonds is 4. The number of fused-ring (bicyclic) bond motifs is 1. The van der Waals surface area contributed by atoms with E-state index < -0.39 is 6.04 Å². The number of anilines is 1. The van der Waals surface area contributed by atoms with Crippen LogP contribution in [0, 0.1) is 13.8 Å². The zero-order chi connectivity index (χ0) is 18.8. The van der Waals surface area contributed by atoms with Crippen LogP contribution in [0.1, 0.15) is 30.5 Å². The number of hydrogen-bond donors (Lipinski definition) is 1. The van der Waals surface area contributed by atoms with Crippen LogP contribution < -0.4 is 10.9 Å². The molecule has 0 radical (unpaired) electrons. The van der Waals surface area contributed by atoms with Gasteiger partial charge in [-0.3, -0.25) is 14.2 Å². The van der Waals surface area contributed by atoms with Crippen molar-refractivity contribution < 1.29 is 4.79 Å². The Labute approximate surface area is 157 Å². The van der Waals surface area contributed by atoms with Crippen molar-refractivity contribution in [1.82, 2.24) is 4.57 Å². The van der Waals surface area contributed by atoms with Crippen molar-refractivity contribution in [3.8, 4) is 0 Å². The molecule has 0 bridgehead atoms. The largest absolute Gasteiger partial charge is 0.324 e. The number of nitrogens with zero attached hydrogens (tertiary/aromatic N) is 1. The molecule has 1 aromatic heterocycles. The molecule has 134 valence electrons. The third-order valence-electron chi connectivity index (χ3n) is 4.61. The van der Waals surface area contributed by atoms with E-state index in [1.807, 2.05) is 57.2 Å². The van der Waals surface area contributed by atoms with E-state index in [0.717, 1.165) is 22.0 Å². The average molecular weight is 369 g/mol. The number of pyridine rings is 1. The molecular formula is C21H21ClN2O2. The van der Waals surface area contributed by atoms with Crippen molar-refractivity contribution in [1.29, 1.82) is 0 Å². The van der Waals surface area contributed by atoms with Gasteiger partial charge in [-0.05, 0) is 49.6 Å². The van der Waals surface area contributed by atoms with Crippen molar-refractivity contribution in [2.75, 3.05) is 5.32 Å². The number of para-hydroxylation sites is 1. The molecule has 1 unspecified atom stereocenters. The minimum absolute atomic E-state index is 0.176. The number of carbonyl (C=O) groups excluding carboxylic acids is 1.